The van der Waals surface area contributed by atoms with E-state index in [9.17, 15) is 14.9 Å². The smallest absolute Gasteiger partial charge is 0.292 e. The second-order valence-electron chi connectivity index (χ2n) is 5.51. The number of nitro groups is 1. The Morgan fingerprint density at radius 1 is 1.38 bits per heavy atom. The van der Waals surface area contributed by atoms with Crippen LogP contribution in [0.15, 0.2) is 18.2 Å². The van der Waals surface area contributed by atoms with E-state index in [-0.39, 0.29) is 17.6 Å². The van der Waals surface area contributed by atoms with Gasteiger partial charge in [0.1, 0.15) is 5.69 Å². The molecule has 0 aromatic heterocycles. The van der Waals surface area contributed by atoms with Crippen molar-refractivity contribution in [1.29, 1.82) is 0 Å². The fourth-order valence-electron chi connectivity index (χ4n) is 1.94. The second kappa shape index (κ2) is 7.06. The lowest BCUT2D eigenvalue weighted by Gasteiger charge is -2.21. The highest BCUT2D eigenvalue weighted by Crippen LogP contribution is 2.28. The number of hydrogen-bond donors (Lipinski definition) is 1. The predicted octanol–water partition coefficient (Wildman–Crippen LogP) is 3.14. The van der Waals surface area contributed by atoms with Gasteiger partial charge in [-0.3, -0.25) is 14.9 Å². The summed E-state index contributed by atoms with van der Waals surface area (Å²) in [5.41, 5.74) is 0.811. The van der Waals surface area contributed by atoms with E-state index in [1.807, 2.05) is 6.92 Å². The van der Waals surface area contributed by atoms with Crippen molar-refractivity contribution >= 4 is 17.3 Å². The Bertz CT molecular complexity index is 529. The third-order valence-electron chi connectivity index (χ3n) is 3.73. The molecule has 0 aliphatic heterocycles. The Kier molecular flexibility index (Phi) is 5.69. The van der Waals surface area contributed by atoms with E-state index in [1.165, 1.54) is 17.0 Å². The lowest BCUT2D eigenvalue weighted by Crippen LogP contribution is -2.25. The number of carbonyl (C=O) groups excluding carboxylic acids is 1. The monoisotopic (exact) mass is 293 g/mol. The zero-order chi connectivity index (χ0) is 16.2. The van der Waals surface area contributed by atoms with E-state index in [0.29, 0.717) is 17.2 Å². The van der Waals surface area contributed by atoms with Gasteiger partial charge < -0.3 is 10.2 Å². The molecule has 0 aliphatic rings. The molecular formula is C15H23N3O3. The highest BCUT2D eigenvalue weighted by molar-refractivity contribution is 5.95. The molecule has 0 bridgehead atoms. The third kappa shape index (κ3) is 4.18. The number of nitrogens with one attached hydrogen (secondary N) is 1. The van der Waals surface area contributed by atoms with Crippen LogP contribution in [0.25, 0.3) is 0 Å². The molecule has 1 rings (SSSR count). The summed E-state index contributed by atoms with van der Waals surface area (Å²) in [4.78, 5) is 24.1. The SMILES string of the molecule is CCC(C)C(C)Nc1cc(C(=O)N(C)C)ccc1[N+](=O)[O-]. The quantitative estimate of drug-likeness (QED) is 0.645. The molecule has 2 atom stereocenters. The molecule has 2 unspecified atom stereocenters. The Morgan fingerprint density at radius 2 is 2.00 bits per heavy atom. The molecule has 1 aromatic rings. The van der Waals surface area contributed by atoms with Gasteiger partial charge in [0.05, 0.1) is 4.92 Å². The van der Waals surface area contributed by atoms with Crippen molar-refractivity contribution in [1.82, 2.24) is 4.90 Å². The third-order valence-corrected chi connectivity index (χ3v) is 3.73. The summed E-state index contributed by atoms with van der Waals surface area (Å²) in [7, 11) is 3.30. The normalized spacial score (nSPS) is 13.4. The summed E-state index contributed by atoms with van der Waals surface area (Å²) < 4.78 is 0. The van der Waals surface area contributed by atoms with Crippen molar-refractivity contribution in [2.24, 2.45) is 5.92 Å². The zero-order valence-corrected chi connectivity index (χ0v) is 13.2. The van der Waals surface area contributed by atoms with E-state index in [2.05, 4.69) is 19.2 Å². The van der Waals surface area contributed by atoms with Crippen LogP contribution in [0.3, 0.4) is 0 Å². The molecule has 21 heavy (non-hydrogen) atoms. The first-order valence-corrected chi connectivity index (χ1v) is 7.04. The van der Waals surface area contributed by atoms with Crippen LogP contribution < -0.4 is 5.32 Å². The largest absolute Gasteiger partial charge is 0.377 e. The fraction of sp³-hybridized carbons (Fsp3) is 0.533. The van der Waals surface area contributed by atoms with Crippen molar-refractivity contribution in [2.75, 3.05) is 19.4 Å². The minimum Gasteiger partial charge on any atom is -0.377 e. The van der Waals surface area contributed by atoms with Gasteiger partial charge in [0.25, 0.3) is 11.6 Å². The summed E-state index contributed by atoms with van der Waals surface area (Å²) >= 11 is 0. The molecule has 6 heteroatoms. The second-order valence-corrected chi connectivity index (χ2v) is 5.51. The van der Waals surface area contributed by atoms with Crippen LogP contribution in [0, 0.1) is 16.0 Å². The molecule has 1 aromatic carbocycles. The Hall–Kier alpha value is -2.11. The van der Waals surface area contributed by atoms with E-state index >= 15 is 0 Å². The predicted molar refractivity (Wildman–Crippen MR) is 83.7 cm³/mol. The number of nitrogens with zero attached hydrogens (tertiary/aromatic N) is 2. The maximum Gasteiger partial charge on any atom is 0.292 e. The van der Waals surface area contributed by atoms with Crippen LogP contribution in [-0.2, 0) is 0 Å². The number of hydrogen-bond acceptors (Lipinski definition) is 4. The maximum absolute atomic E-state index is 12.0. The Labute approximate surface area is 125 Å². The van der Waals surface area contributed by atoms with E-state index in [0.717, 1.165) is 6.42 Å². The Morgan fingerprint density at radius 3 is 2.48 bits per heavy atom. The molecule has 6 nitrogen and oxygen atoms in total. The minimum absolute atomic E-state index is 0.0135. The lowest BCUT2D eigenvalue weighted by atomic mass is 10.0. The standard InChI is InChI=1S/C15H23N3O3/c1-6-10(2)11(3)16-13-9-12(15(19)17(4)5)7-8-14(13)18(20)21/h7-11,16H,6H2,1-5H3. The van der Waals surface area contributed by atoms with Crippen LogP contribution in [0.4, 0.5) is 11.4 Å². The van der Waals surface area contributed by atoms with Crippen LogP contribution >= 0.6 is 0 Å². The highest BCUT2D eigenvalue weighted by Gasteiger charge is 2.20. The zero-order valence-electron chi connectivity index (χ0n) is 13.2. The van der Waals surface area contributed by atoms with Crippen LogP contribution in [-0.4, -0.2) is 35.9 Å². The molecule has 1 N–H and O–H groups in total. The molecule has 116 valence electrons. The van der Waals surface area contributed by atoms with Crippen molar-refractivity contribution in [2.45, 2.75) is 33.2 Å². The summed E-state index contributed by atoms with van der Waals surface area (Å²) in [5.74, 6) is 0.196. The molecule has 1 amide bonds. The average molecular weight is 293 g/mol. The van der Waals surface area contributed by atoms with E-state index in [1.54, 1.807) is 20.2 Å². The number of carbonyl (C=O) groups is 1. The topological polar surface area (TPSA) is 75.5 Å². The van der Waals surface area contributed by atoms with Crippen LogP contribution in [0.2, 0.25) is 0 Å². The highest BCUT2D eigenvalue weighted by atomic mass is 16.6. The van der Waals surface area contributed by atoms with Gasteiger partial charge in [0.15, 0.2) is 0 Å². The maximum atomic E-state index is 12.0. The van der Waals surface area contributed by atoms with Crippen molar-refractivity contribution in [3.63, 3.8) is 0 Å². The van der Waals surface area contributed by atoms with Crippen LogP contribution in [0.5, 0.6) is 0 Å². The minimum atomic E-state index is -0.435. The van der Waals surface area contributed by atoms with Gasteiger partial charge in [-0.05, 0) is 25.0 Å². The molecule has 0 saturated heterocycles. The van der Waals surface area contributed by atoms with Crippen molar-refractivity contribution in [3.8, 4) is 0 Å². The summed E-state index contributed by atoms with van der Waals surface area (Å²) in [5, 5.41) is 14.3. The molecular weight excluding hydrogens is 270 g/mol. The molecule has 0 spiro atoms. The average Bonchev–Trinajstić information content (AvgIpc) is 2.44. The first-order valence-electron chi connectivity index (χ1n) is 7.04. The first-order chi connectivity index (χ1) is 9.77. The van der Waals surface area contributed by atoms with Gasteiger partial charge in [0.2, 0.25) is 0 Å². The van der Waals surface area contributed by atoms with Crippen molar-refractivity contribution in [3.05, 3.63) is 33.9 Å². The number of amides is 1. The van der Waals surface area contributed by atoms with Gasteiger partial charge in [0, 0.05) is 31.8 Å². The van der Waals surface area contributed by atoms with Crippen molar-refractivity contribution < 1.29 is 9.72 Å². The van der Waals surface area contributed by atoms with Gasteiger partial charge in [-0.25, -0.2) is 0 Å². The summed E-state index contributed by atoms with van der Waals surface area (Å²) in [6.07, 6.45) is 0.971. The molecule has 0 aliphatic carbocycles. The van der Waals surface area contributed by atoms with Crippen LogP contribution in [0.1, 0.15) is 37.6 Å². The number of rotatable bonds is 6. The molecule has 0 fully saturated rings. The summed E-state index contributed by atoms with van der Waals surface area (Å²) in [6.45, 7) is 6.14. The van der Waals surface area contributed by atoms with E-state index < -0.39 is 4.92 Å². The van der Waals surface area contributed by atoms with Gasteiger partial charge in [-0.15, -0.1) is 0 Å². The van der Waals surface area contributed by atoms with Gasteiger partial charge in [-0.2, -0.15) is 0 Å². The summed E-state index contributed by atoms with van der Waals surface area (Å²) in [6, 6.07) is 4.50. The molecule has 0 heterocycles. The van der Waals surface area contributed by atoms with E-state index in [4.69, 9.17) is 0 Å². The number of anilines is 1. The van der Waals surface area contributed by atoms with Gasteiger partial charge >= 0.3 is 0 Å². The number of benzene rings is 1. The first kappa shape index (κ1) is 16.9. The number of nitro benzene ring substituents is 1. The lowest BCUT2D eigenvalue weighted by molar-refractivity contribution is -0.384. The van der Waals surface area contributed by atoms with Gasteiger partial charge in [-0.1, -0.05) is 20.3 Å². The Balaban J connectivity index is 3.16. The molecule has 0 saturated carbocycles. The molecule has 0 radical (unpaired) electrons. The fourth-order valence-corrected chi connectivity index (χ4v) is 1.94.